The third-order valence-electron chi connectivity index (χ3n) is 31.0. The average molecular weight is 2030 g/mol. The molecule has 7 aliphatic heterocycles. The molecule has 143 heavy (non-hydrogen) atoms. The molecule has 770 valence electrons. The molecule has 1 spiro atoms. The van der Waals surface area contributed by atoms with E-state index in [1.54, 1.807) is 67.1 Å². The fraction of sp³-hybridized carbons (Fsp3) is 0.670. The van der Waals surface area contributed by atoms with Gasteiger partial charge in [0.25, 0.3) is 0 Å². The Kier molecular flexibility index (Phi) is 33.0. The second kappa shape index (κ2) is 47.0. The van der Waals surface area contributed by atoms with Crippen molar-refractivity contribution in [2.75, 3.05) is 148 Å². The smallest absolute Gasteiger partial charge is 0.236 e. The number of amides is 1. The van der Waals surface area contributed by atoms with Gasteiger partial charge in [-0.1, -0.05) is 73.0 Å². The number of aryl methyl sites for hydroxylation is 6. The quantitative estimate of drug-likeness (QED) is 0.0218. The van der Waals surface area contributed by atoms with Crippen molar-refractivity contribution in [1.29, 1.82) is 0 Å². The molecular formula is C100H145N33O6S4. The first-order chi connectivity index (χ1) is 69.8. The van der Waals surface area contributed by atoms with E-state index >= 15 is 0 Å². The van der Waals surface area contributed by atoms with Gasteiger partial charge in [0.1, 0.15) is 22.1 Å². The molecule has 4 saturated carbocycles. The highest BCUT2D eigenvalue weighted by atomic mass is 32.1. The van der Waals surface area contributed by atoms with Gasteiger partial charge in [-0.15, -0.1) is 0 Å². The van der Waals surface area contributed by atoms with E-state index in [4.69, 9.17) is 74.0 Å². The number of aliphatic hydroxyl groups is 2. The molecule has 11 fully saturated rings. The fourth-order valence-corrected chi connectivity index (χ4v) is 25.9. The highest BCUT2D eigenvalue weighted by Gasteiger charge is 2.43. The van der Waals surface area contributed by atoms with Crippen LogP contribution in [0.3, 0.4) is 0 Å². The molecule has 7 saturated heterocycles. The van der Waals surface area contributed by atoms with Crippen molar-refractivity contribution in [3.63, 3.8) is 0 Å². The number of aliphatic hydroxyl groups excluding tert-OH is 2. The molecule has 19 heterocycles. The molecule has 0 radical (unpaired) electrons. The third-order valence-corrected chi connectivity index (χ3v) is 35.4. The third kappa shape index (κ3) is 25.4. The summed E-state index contributed by atoms with van der Waals surface area (Å²) in [5.74, 6) is 5.85. The van der Waals surface area contributed by atoms with Crippen LogP contribution in [0, 0.1) is 5.41 Å². The van der Waals surface area contributed by atoms with Gasteiger partial charge in [-0.25, -0.2) is 19.9 Å². The fourth-order valence-electron chi connectivity index (χ4n) is 22.4. The molecule has 23 rings (SSSR count). The van der Waals surface area contributed by atoms with Crippen molar-refractivity contribution in [3.05, 3.63) is 69.6 Å². The average Bonchev–Trinajstić information content (AvgIpc) is 1.46. The number of thiazole rings is 4. The zero-order valence-electron chi connectivity index (χ0n) is 84.1. The van der Waals surface area contributed by atoms with E-state index in [0.29, 0.717) is 96.2 Å². The van der Waals surface area contributed by atoms with E-state index in [9.17, 15) is 15.0 Å². The van der Waals surface area contributed by atoms with Crippen molar-refractivity contribution in [2.24, 2.45) is 19.5 Å². The van der Waals surface area contributed by atoms with E-state index in [2.05, 4.69) is 123 Å². The second-order valence-corrected chi connectivity index (χ2v) is 45.4. The number of rotatable bonds is 28. The first-order valence-corrected chi connectivity index (χ1v) is 56.3. The maximum atomic E-state index is 12.6. The summed E-state index contributed by atoms with van der Waals surface area (Å²) < 4.78 is 24.1. The lowest BCUT2D eigenvalue weighted by molar-refractivity contribution is -0.143. The summed E-state index contributed by atoms with van der Waals surface area (Å²) in [5, 5.41) is 69.8. The molecule has 12 aromatic heterocycles. The topological polar surface area (TPSA) is 424 Å². The molecule has 12 aromatic rings. The molecule has 0 atom stereocenters. The van der Waals surface area contributed by atoms with E-state index < -0.39 is 0 Å². The molecule has 0 aromatic carbocycles. The van der Waals surface area contributed by atoms with Crippen LogP contribution in [0.2, 0.25) is 0 Å². The Hall–Kier alpha value is -9.77. The molecule has 0 bridgehead atoms. The standard InChI is InChI=1S/C28H40N8O2S.C26H38N8O2S.C24H35N9OS.C22H32N8OS/c1-2-23-32-24-25(30-19-3-5-21(6-4-19)35-11-9-28(10-12-35)17-38-18-28)33-27(34-26(24)39-23)31-20-15-29-36(16-20)22-7-13-37-14-8-22;1-2-22-30-23-24(28-17-3-5-19(6-4-17)33-11-7-21(35)8-12-33)31-26(32-25(23)37-22)29-18-15-27-34(16-18)20-9-13-36-14-10-20;1-4-19-28-21-22(29-24(30-23(21)35-19)27-17-13-25-32(3)14-17)26-16-7-9-18(10-8-16)31(2)15-20(34)33-11-5-6-12-33;1-3-18-26-19-20(27-22(28-21(19)32-18)25-15-12-23-29(2)13-15)24-14-4-6-16(7-5-14)30-10-8-17(31)9-11-30/h15-16,19,21-22H,2-14,17-18H2,1H3,(H2,30,31,33,34);15-17,19-21,35H,2-14H2,1H3,(H2,28,29,31,32);13-14,16,18H,4-12,15H2,1-3H3,(H2,26,27,29,30);12-14,16-17,31H,3-11H2,1-2H3,(H2,24,25,27,28). The number of carbonyl (C=O) groups excluding carboxylic acids is 1. The van der Waals surface area contributed by atoms with Crippen LogP contribution in [0.1, 0.15) is 240 Å². The van der Waals surface area contributed by atoms with Crippen molar-refractivity contribution >= 4 is 162 Å². The molecule has 1 amide bonds. The molecule has 11 aliphatic rings. The Balaban J connectivity index is 0.000000117. The van der Waals surface area contributed by atoms with Gasteiger partial charge in [0.15, 0.2) is 42.6 Å². The van der Waals surface area contributed by atoms with Crippen LogP contribution >= 0.6 is 45.3 Å². The van der Waals surface area contributed by atoms with E-state index in [0.717, 1.165) is 340 Å². The lowest BCUT2D eigenvalue weighted by Crippen LogP contribution is -2.53. The number of nitrogens with zero attached hydrogens (tertiary/aromatic N) is 25. The van der Waals surface area contributed by atoms with Gasteiger partial charge in [-0.2, -0.15) is 60.3 Å². The van der Waals surface area contributed by atoms with Gasteiger partial charge < -0.3 is 86.6 Å². The van der Waals surface area contributed by atoms with Gasteiger partial charge in [-0.05, 0) is 226 Å². The summed E-state index contributed by atoms with van der Waals surface area (Å²) in [7, 11) is 5.87. The number of hydrogen-bond donors (Lipinski definition) is 10. The number of hydrogen-bond acceptors (Lipinski definition) is 38. The number of aromatic nitrogens is 20. The summed E-state index contributed by atoms with van der Waals surface area (Å²) in [6, 6.07) is 4.68. The zero-order valence-corrected chi connectivity index (χ0v) is 87.4. The number of anilines is 12. The number of piperidine rings is 3. The summed E-state index contributed by atoms with van der Waals surface area (Å²) in [6.07, 6.45) is 49.1. The van der Waals surface area contributed by atoms with Crippen LogP contribution in [0.25, 0.3) is 41.4 Å². The van der Waals surface area contributed by atoms with Crippen molar-refractivity contribution < 1.29 is 29.2 Å². The SMILES string of the molecule is CCc1nc2c(NC3CCC(N(C)CC(=O)N4CCCC4)CC3)nc(Nc3cnn(C)c3)nc2s1.CCc1nc2c(NC3CCC(N4CCC(O)CC4)CC3)nc(Nc3cnn(C)c3)nc2s1.CCc1nc2c(NC3CCC(N4CCC(O)CC4)CC3)nc(Nc3cnn(C4CCOCC4)c3)nc2s1.CCc1nc2c(NC3CCC(N4CCC5(CC4)COC5)CC3)nc(Nc3cnn(C4CCOCC4)c3)nc2s1. The number of nitrogens with one attached hydrogen (secondary N) is 8. The predicted molar refractivity (Wildman–Crippen MR) is 565 cm³/mol. The van der Waals surface area contributed by atoms with E-state index in [1.807, 2.05) is 59.3 Å². The molecule has 0 unspecified atom stereocenters. The van der Waals surface area contributed by atoms with Gasteiger partial charge in [0.05, 0.1) is 112 Å². The number of fused-ring (bicyclic) bond motifs is 4. The second-order valence-electron chi connectivity index (χ2n) is 41.1. The van der Waals surface area contributed by atoms with E-state index in [-0.39, 0.29) is 18.1 Å². The largest absolute Gasteiger partial charge is 0.393 e. The minimum absolute atomic E-state index is 0.106. The van der Waals surface area contributed by atoms with Crippen molar-refractivity contribution in [2.45, 2.75) is 306 Å². The van der Waals surface area contributed by atoms with Gasteiger partial charge in [0.2, 0.25) is 29.7 Å². The maximum Gasteiger partial charge on any atom is 0.236 e. The molecule has 10 N–H and O–H groups in total. The Morgan fingerprint density at radius 1 is 0.378 bits per heavy atom. The number of ether oxygens (including phenoxy) is 3. The number of carbonyl (C=O) groups is 1. The normalized spacial score (nSPS) is 23.6. The van der Waals surface area contributed by atoms with Crippen LogP contribution < -0.4 is 42.5 Å². The minimum Gasteiger partial charge on any atom is -0.393 e. The number of likely N-dealkylation sites (N-methyl/N-ethyl adjacent to an activating group) is 1. The molecule has 39 nitrogen and oxygen atoms in total. The lowest BCUT2D eigenvalue weighted by Gasteiger charge is -2.49. The lowest BCUT2D eigenvalue weighted by atomic mass is 9.76. The predicted octanol–water partition coefficient (Wildman–Crippen LogP) is 15.6. The molecular weight excluding hydrogens is 1890 g/mol. The van der Waals surface area contributed by atoms with Gasteiger partial charge >= 0.3 is 0 Å². The first kappa shape index (κ1) is 101. The van der Waals surface area contributed by atoms with Crippen LogP contribution in [0.5, 0.6) is 0 Å². The maximum absolute atomic E-state index is 12.6. The van der Waals surface area contributed by atoms with Crippen LogP contribution in [0.4, 0.5) is 69.8 Å². The Bertz CT molecular complexity index is 6110. The van der Waals surface area contributed by atoms with Crippen LogP contribution in [-0.2, 0) is 58.8 Å². The summed E-state index contributed by atoms with van der Waals surface area (Å²) in [4.78, 5) is 86.2. The zero-order chi connectivity index (χ0) is 97.9. The summed E-state index contributed by atoms with van der Waals surface area (Å²) in [6.45, 7) is 22.6. The van der Waals surface area contributed by atoms with Gasteiger partial charge in [0, 0.05) is 158 Å². The Morgan fingerprint density at radius 2 is 0.692 bits per heavy atom. The number of likely N-dealkylation sites (tertiary alicyclic amines) is 4. The Labute approximate surface area is 852 Å². The minimum atomic E-state index is -0.112. The van der Waals surface area contributed by atoms with Crippen molar-refractivity contribution in [3.8, 4) is 0 Å². The molecule has 43 heteroatoms. The highest BCUT2D eigenvalue weighted by molar-refractivity contribution is 7.19. The van der Waals surface area contributed by atoms with Crippen molar-refractivity contribution in [1.82, 2.24) is 123 Å². The first-order valence-electron chi connectivity index (χ1n) is 53.1. The highest BCUT2D eigenvalue weighted by Crippen LogP contribution is 2.43. The van der Waals surface area contributed by atoms with Gasteiger partial charge in [-0.3, -0.25) is 28.4 Å². The monoisotopic (exact) mass is 2030 g/mol. The molecule has 4 aliphatic carbocycles. The summed E-state index contributed by atoms with van der Waals surface area (Å²) in [5.41, 5.74) is 7.51. The van der Waals surface area contributed by atoms with Crippen LogP contribution in [0.15, 0.2) is 49.6 Å². The Morgan fingerprint density at radius 3 is 1.00 bits per heavy atom. The van der Waals surface area contributed by atoms with E-state index in [1.165, 1.54) is 64.5 Å². The summed E-state index contributed by atoms with van der Waals surface area (Å²) >= 11 is 6.55. The van der Waals surface area contributed by atoms with Crippen LogP contribution in [-0.4, -0.2) is 306 Å².